The second kappa shape index (κ2) is 5.54. The number of hydrogen-bond acceptors (Lipinski definition) is 2. The van der Waals surface area contributed by atoms with Crippen molar-refractivity contribution in [3.63, 3.8) is 0 Å². The summed E-state index contributed by atoms with van der Waals surface area (Å²) >= 11 is 1.87. The van der Waals surface area contributed by atoms with Gasteiger partial charge in [-0.05, 0) is 42.3 Å². The minimum Gasteiger partial charge on any atom is -0.308 e. The topological polar surface area (TPSA) is 3.24 Å². The van der Waals surface area contributed by atoms with Crippen LogP contribution in [0.4, 0.5) is 17.1 Å². The highest BCUT2D eigenvalue weighted by Gasteiger charge is 2.26. The Morgan fingerprint density at radius 1 is 0.773 bits per heavy atom. The Balaban J connectivity index is 2.00. The largest absolute Gasteiger partial charge is 0.308 e. The molecule has 108 valence electrons. The standard InChI is InChI=1S/C20H17NS/c1-2-15-9-8-14-19-20(15)21(16-10-4-3-5-11-16)17-12-6-7-13-18(17)22-19/h3-14H,2H2,1H3. The highest BCUT2D eigenvalue weighted by Crippen LogP contribution is 2.52. The second-order valence-corrected chi connectivity index (χ2v) is 6.44. The average Bonchev–Trinajstić information content (AvgIpc) is 2.59. The zero-order chi connectivity index (χ0) is 14.9. The molecule has 2 heteroatoms. The van der Waals surface area contributed by atoms with Gasteiger partial charge in [-0.1, -0.05) is 61.2 Å². The Hall–Kier alpha value is -2.19. The van der Waals surface area contributed by atoms with Gasteiger partial charge >= 0.3 is 0 Å². The third kappa shape index (κ3) is 2.11. The lowest BCUT2D eigenvalue weighted by molar-refractivity contribution is 1.07. The quantitative estimate of drug-likeness (QED) is 0.435. The minimum atomic E-state index is 1.04. The van der Waals surface area contributed by atoms with Crippen molar-refractivity contribution >= 4 is 28.8 Å². The second-order valence-electron chi connectivity index (χ2n) is 5.36. The number of rotatable bonds is 2. The number of para-hydroxylation sites is 3. The highest BCUT2D eigenvalue weighted by molar-refractivity contribution is 7.99. The van der Waals surface area contributed by atoms with Crippen molar-refractivity contribution in [3.05, 3.63) is 78.4 Å². The monoisotopic (exact) mass is 303 g/mol. The molecule has 1 aliphatic rings. The molecule has 0 radical (unpaired) electrons. The van der Waals surface area contributed by atoms with Crippen LogP contribution in [-0.2, 0) is 6.42 Å². The van der Waals surface area contributed by atoms with E-state index in [2.05, 4.69) is 84.6 Å². The van der Waals surface area contributed by atoms with Crippen molar-refractivity contribution in [1.29, 1.82) is 0 Å². The Labute approximate surface area is 135 Å². The first kappa shape index (κ1) is 13.5. The van der Waals surface area contributed by atoms with Crippen molar-refractivity contribution in [2.75, 3.05) is 4.90 Å². The summed E-state index contributed by atoms with van der Waals surface area (Å²) in [5, 5.41) is 0. The molecule has 0 spiro atoms. The van der Waals surface area contributed by atoms with Crippen molar-refractivity contribution in [2.24, 2.45) is 0 Å². The lowest BCUT2D eigenvalue weighted by Crippen LogP contribution is -2.16. The Bertz CT molecular complexity index is 811. The lowest BCUT2D eigenvalue weighted by atomic mass is 10.1. The maximum Gasteiger partial charge on any atom is 0.0633 e. The molecule has 1 aliphatic heterocycles. The molecule has 0 unspecified atom stereocenters. The lowest BCUT2D eigenvalue weighted by Gasteiger charge is -2.34. The fourth-order valence-corrected chi connectivity index (χ4v) is 4.11. The molecule has 0 saturated heterocycles. The smallest absolute Gasteiger partial charge is 0.0633 e. The number of fused-ring (bicyclic) bond motifs is 2. The summed E-state index contributed by atoms with van der Waals surface area (Å²) in [6, 6.07) is 25.9. The van der Waals surface area contributed by atoms with Crippen LogP contribution in [0.2, 0.25) is 0 Å². The molecule has 1 heterocycles. The van der Waals surface area contributed by atoms with E-state index in [1.165, 1.54) is 32.4 Å². The SMILES string of the molecule is CCc1cccc2c1N(c1ccccc1)c1ccccc1S2. The summed E-state index contributed by atoms with van der Waals surface area (Å²) in [5.74, 6) is 0. The molecule has 0 amide bonds. The molecule has 22 heavy (non-hydrogen) atoms. The van der Waals surface area contributed by atoms with Crippen molar-refractivity contribution < 1.29 is 0 Å². The van der Waals surface area contributed by atoms with E-state index in [0.717, 1.165) is 6.42 Å². The summed E-state index contributed by atoms with van der Waals surface area (Å²) in [6.07, 6.45) is 1.04. The van der Waals surface area contributed by atoms with Crippen LogP contribution in [0, 0.1) is 0 Å². The fraction of sp³-hybridized carbons (Fsp3) is 0.100. The summed E-state index contributed by atoms with van der Waals surface area (Å²) in [5.41, 5.74) is 5.22. The van der Waals surface area contributed by atoms with Gasteiger partial charge in [-0.15, -0.1) is 0 Å². The summed E-state index contributed by atoms with van der Waals surface area (Å²) in [4.78, 5) is 5.05. The first-order valence-corrected chi connectivity index (χ1v) is 8.44. The number of anilines is 3. The number of nitrogens with zero attached hydrogens (tertiary/aromatic N) is 1. The first-order chi connectivity index (χ1) is 10.9. The molecule has 0 N–H and O–H groups in total. The van der Waals surface area contributed by atoms with Gasteiger partial charge in [-0.2, -0.15) is 0 Å². The van der Waals surface area contributed by atoms with E-state index in [-0.39, 0.29) is 0 Å². The van der Waals surface area contributed by atoms with Crippen molar-refractivity contribution in [3.8, 4) is 0 Å². The van der Waals surface area contributed by atoms with Gasteiger partial charge in [0.05, 0.1) is 11.4 Å². The molecule has 3 aromatic carbocycles. The van der Waals surface area contributed by atoms with E-state index in [9.17, 15) is 0 Å². The van der Waals surface area contributed by atoms with Gasteiger partial charge in [0.2, 0.25) is 0 Å². The molecule has 0 saturated carbocycles. The van der Waals surface area contributed by atoms with Gasteiger partial charge in [0, 0.05) is 15.5 Å². The maximum atomic E-state index is 2.40. The number of benzene rings is 3. The average molecular weight is 303 g/mol. The molecule has 0 fully saturated rings. The fourth-order valence-electron chi connectivity index (χ4n) is 3.00. The van der Waals surface area contributed by atoms with Crippen molar-refractivity contribution in [1.82, 2.24) is 0 Å². The van der Waals surface area contributed by atoms with Gasteiger partial charge < -0.3 is 4.90 Å². The summed E-state index contributed by atoms with van der Waals surface area (Å²) in [7, 11) is 0. The van der Waals surface area contributed by atoms with Crippen molar-refractivity contribution in [2.45, 2.75) is 23.1 Å². The van der Waals surface area contributed by atoms with Crippen LogP contribution < -0.4 is 4.90 Å². The molecule has 1 nitrogen and oxygen atoms in total. The van der Waals surface area contributed by atoms with Gasteiger partial charge in [0.1, 0.15) is 0 Å². The van der Waals surface area contributed by atoms with Crippen LogP contribution in [-0.4, -0.2) is 0 Å². The van der Waals surface area contributed by atoms with Gasteiger partial charge in [0.25, 0.3) is 0 Å². The van der Waals surface area contributed by atoms with Crippen LogP contribution in [0.5, 0.6) is 0 Å². The minimum absolute atomic E-state index is 1.04. The van der Waals surface area contributed by atoms with Gasteiger partial charge in [-0.3, -0.25) is 0 Å². The van der Waals surface area contributed by atoms with E-state index >= 15 is 0 Å². The van der Waals surface area contributed by atoms with Crippen LogP contribution in [0.25, 0.3) is 0 Å². The third-order valence-electron chi connectivity index (χ3n) is 4.03. The molecule has 0 aliphatic carbocycles. The van der Waals surface area contributed by atoms with Crippen LogP contribution in [0.1, 0.15) is 12.5 Å². The van der Waals surface area contributed by atoms with E-state index in [1.807, 2.05) is 11.8 Å². The molecule has 0 aromatic heterocycles. The summed E-state index contributed by atoms with van der Waals surface area (Å²) < 4.78 is 0. The molecular formula is C20H17NS. The molecule has 3 aromatic rings. The number of aryl methyl sites for hydroxylation is 1. The van der Waals surface area contributed by atoms with E-state index in [1.54, 1.807) is 0 Å². The normalized spacial score (nSPS) is 12.7. The summed E-state index contributed by atoms with van der Waals surface area (Å²) in [6.45, 7) is 2.23. The van der Waals surface area contributed by atoms with Crippen LogP contribution in [0.15, 0.2) is 82.6 Å². The zero-order valence-electron chi connectivity index (χ0n) is 12.5. The Morgan fingerprint density at radius 2 is 1.50 bits per heavy atom. The molecular weight excluding hydrogens is 286 g/mol. The van der Waals surface area contributed by atoms with Crippen LogP contribution >= 0.6 is 11.8 Å². The van der Waals surface area contributed by atoms with E-state index in [4.69, 9.17) is 0 Å². The van der Waals surface area contributed by atoms with E-state index in [0.29, 0.717) is 0 Å². The molecule has 0 bridgehead atoms. The number of hydrogen-bond donors (Lipinski definition) is 0. The predicted octanol–water partition coefficient (Wildman–Crippen LogP) is 6.18. The molecule has 0 atom stereocenters. The van der Waals surface area contributed by atoms with Crippen LogP contribution in [0.3, 0.4) is 0 Å². The first-order valence-electron chi connectivity index (χ1n) is 7.62. The maximum absolute atomic E-state index is 2.40. The molecule has 4 rings (SSSR count). The van der Waals surface area contributed by atoms with Gasteiger partial charge in [0.15, 0.2) is 0 Å². The highest BCUT2D eigenvalue weighted by atomic mass is 32.2. The predicted molar refractivity (Wildman–Crippen MR) is 94.6 cm³/mol. The zero-order valence-corrected chi connectivity index (χ0v) is 13.3. The Morgan fingerprint density at radius 3 is 2.32 bits per heavy atom. The Kier molecular flexibility index (Phi) is 3.39. The van der Waals surface area contributed by atoms with E-state index < -0.39 is 0 Å². The van der Waals surface area contributed by atoms with Gasteiger partial charge in [-0.25, -0.2) is 0 Å². The third-order valence-corrected chi connectivity index (χ3v) is 5.14.